The lowest BCUT2D eigenvalue weighted by Crippen LogP contribution is -2.04. The molecule has 5 rings (SSSR count). The van der Waals surface area contributed by atoms with Crippen molar-refractivity contribution in [3.63, 3.8) is 0 Å². The predicted molar refractivity (Wildman–Crippen MR) is 112 cm³/mol. The number of aryl methyl sites for hydroxylation is 2. The van der Waals surface area contributed by atoms with Gasteiger partial charge in [0.1, 0.15) is 15.7 Å². The molecule has 3 aromatic rings. The van der Waals surface area contributed by atoms with Crippen molar-refractivity contribution >= 4 is 28.9 Å². The minimum absolute atomic E-state index is 0.401. The van der Waals surface area contributed by atoms with E-state index in [0.717, 1.165) is 40.1 Å². The molecule has 0 spiro atoms. The van der Waals surface area contributed by atoms with Crippen LogP contribution in [0.2, 0.25) is 5.02 Å². The first kappa shape index (κ1) is 18.6. The fourth-order valence-electron chi connectivity index (χ4n) is 3.82. The Hall–Kier alpha value is -2.38. The average Bonchev–Trinajstić information content (AvgIpc) is 3.28. The zero-order valence-electron chi connectivity index (χ0n) is 16.1. The van der Waals surface area contributed by atoms with E-state index >= 15 is 0 Å². The number of rotatable bonds is 5. The van der Waals surface area contributed by atoms with Gasteiger partial charge in [-0.05, 0) is 54.1 Å². The second-order valence-electron chi connectivity index (χ2n) is 7.51. The number of allylic oxidation sites excluding steroid dienone is 4. The van der Waals surface area contributed by atoms with Gasteiger partial charge >= 0.3 is 0 Å². The van der Waals surface area contributed by atoms with Crippen LogP contribution < -0.4 is 0 Å². The van der Waals surface area contributed by atoms with E-state index in [1.54, 1.807) is 18.0 Å². The molecule has 1 saturated carbocycles. The second kappa shape index (κ2) is 7.46. The van der Waals surface area contributed by atoms with Crippen molar-refractivity contribution in [2.75, 3.05) is 0 Å². The molecular formula is C21H20ClN5OS. The monoisotopic (exact) mass is 425 g/mol. The molecule has 8 heteroatoms. The Morgan fingerprint density at radius 1 is 1.24 bits per heavy atom. The maximum atomic E-state index is 5.95. The van der Waals surface area contributed by atoms with Crippen molar-refractivity contribution in [3.8, 4) is 0 Å². The molecule has 148 valence electrons. The van der Waals surface area contributed by atoms with Gasteiger partial charge in [-0.2, -0.15) is 0 Å². The lowest BCUT2D eigenvalue weighted by Gasteiger charge is -2.16. The molecule has 3 aromatic heterocycles. The van der Waals surface area contributed by atoms with Gasteiger partial charge < -0.3 is 8.98 Å². The minimum Gasteiger partial charge on any atom is -0.425 e. The summed E-state index contributed by atoms with van der Waals surface area (Å²) in [5.74, 6) is 2.92. The summed E-state index contributed by atoms with van der Waals surface area (Å²) in [6.07, 6.45) is 12.4. The first-order chi connectivity index (χ1) is 14.1. The van der Waals surface area contributed by atoms with Gasteiger partial charge in [0.05, 0.1) is 11.3 Å². The lowest BCUT2D eigenvalue weighted by molar-refractivity contribution is 0.448. The van der Waals surface area contributed by atoms with Crippen molar-refractivity contribution in [2.45, 2.75) is 35.7 Å². The van der Waals surface area contributed by atoms with E-state index in [2.05, 4.69) is 38.4 Å². The molecule has 2 aliphatic rings. The molecule has 0 bridgehead atoms. The second-order valence-corrected chi connectivity index (χ2v) is 8.95. The number of pyridine rings is 1. The van der Waals surface area contributed by atoms with Crippen LogP contribution in [0.4, 0.5) is 0 Å². The van der Waals surface area contributed by atoms with Gasteiger partial charge in [0.15, 0.2) is 0 Å². The molecule has 0 aliphatic heterocycles. The topological polar surface area (TPSA) is 69.6 Å². The van der Waals surface area contributed by atoms with Gasteiger partial charge in [-0.1, -0.05) is 29.8 Å². The van der Waals surface area contributed by atoms with E-state index in [0.29, 0.717) is 28.7 Å². The quantitative estimate of drug-likeness (QED) is 0.568. The molecule has 0 N–H and O–H groups in total. The zero-order valence-corrected chi connectivity index (χ0v) is 17.7. The van der Waals surface area contributed by atoms with Crippen LogP contribution >= 0.6 is 23.4 Å². The third-order valence-electron chi connectivity index (χ3n) is 5.44. The van der Waals surface area contributed by atoms with Crippen LogP contribution in [0.5, 0.6) is 0 Å². The Balaban J connectivity index is 1.29. The van der Waals surface area contributed by atoms with E-state index in [-0.39, 0.29) is 0 Å². The van der Waals surface area contributed by atoms with Crippen LogP contribution in [0.3, 0.4) is 0 Å². The highest BCUT2D eigenvalue weighted by atomic mass is 35.5. The van der Waals surface area contributed by atoms with Crippen molar-refractivity contribution in [1.82, 2.24) is 24.7 Å². The maximum Gasteiger partial charge on any atom is 0.219 e. The van der Waals surface area contributed by atoms with Gasteiger partial charge in [-0.25, -0.2) is 9.97 Å². The van der Waals surface area contributed by atoms with Crippen molar-refractivity contribution in [2.24, 2.45) is 18.9 Å². The van der Waals surface area contributed by atoms with Crippen LogP contribution in [-0.4, -0.2) is 24.7 Å². The van der Waals surface area contributed by atoms with E-state index < -0.39 is 0 Å². The Kier molecular flexibility index (Phi) is 4.80. The third kappa shape index (κ3) is 3.76. The summed E-state index contributed by atoms with van der Waals surface area (Å²) in [4.78, 5) is 9.03. The molecule has 0 amide bonds. The van der Waals surface area contributed by atoms with Crippen LogP contribution in [0.25, 0.3) is 5.57 Å². The fourth-order valence-corrected chi connectivity index (χ4v) is 4.83. The van der Waals surface area contributed by atoms with E-state index in [9.17, 15) is 0 Å². The van der Waals surface area contributed by atoms with Crippen LogP contribution in [-0.2, 0) is 7.05 Å². The van der Waals surface area contributed by atoms with Crippen LogP contribution in [0, 0.1) is 18.8 Å². The van der Waals surface area contributed by atoms with Crippen molar-refractivity contribution in [1.29, 1.82) is 0 Å². The summed E-state index contributed by atoms with van der Waals surface area (Å²) in [5, 5.41) is 10.7. The summed E-state index contributed by atoms with van der Waals surface area (Å²) < 4.78 is 7.64. The van der Waals surface area contributed by atoms with Crippen molar-refractivity contribution in [3.05, 3.63) is 65.4 Å². The van der Waals surface area contributed by atoms with Gasteiger partial charge in [-0.3, -0.25) is 0 Å². The van der Waals surface area contributed by atoms with Crippen LogP contribution in [0.15, 0.2) is 57.4 Å². The number of hydrogen-bond acceptors (Lipinski definition) is 6. The first-order valence-electron chi connectivity index (χ1n) is 9.58. The Bertz CT molecular complexity index is 1100. The number of imidazole rings is 1. The molecule has 2 aliphatic carbocycles. The Morgan fingerprint density at radius 3 is 2.83 bits per heavy atom. The molecule has 0 aromatic carbocycles. The number of hydrogen-bond donors (Lipinski definition) is 0. The summed E-state index contributed by atoms with van der Waals surface area (Å²) in [6, 6.07) is 3.78. The van der Waals surface area contributed by atoms with Crippen LogP contribution in [0.1, 0.15) is 36.2 Å². The third-order valence-corrected chi connectivity index (χ3v) is 6.79. The molecule has 0 radical (unpaired) electrons. The zero-order chi connectivity index (χ0) is 20.0. The highest BCUT2D eigenvalue weighted by Crippen LogP contribution is 2.53. The van der Waals surface area contributed by atoms with E-state index in [1.165, 1.54) is 0 Å². The molecule has 3 heterocycles. The van der Waals surface area contributed by atoms with E-state index in [1.807, 2.05) is 37.0 Å². The smallest absolute Gasteiger partial charge is 0.219 e. The van der Waals surface area contributed by atoms with Gasteiger partial charge in [0, 0.05) is 26.1 Å². The maximum absolute atomic E-state index is 5.95. The number of halogens is 1. The molecule has 6 nitrogen and oxygen atoms in total. The molecule has 3 atom stereocenters. The summed E-state index contributed by atoms with van der Waals surface area (Å²) in [5.41, 5.74) is 2.15. The van der Waals surface area contributed by atoms with Gasteiger partial charge in [0.25, 0.3) is 0 Å². The van der Waals surface area contributed by atoms with Gasteiger partial charge in [-0.15, -0.1) is 10.2 Å². The van der Waals surface area contributed by atoms with E-state index in [4.69, 9.17) is 16.0 Å². The highest BCUT2D eigenvalue weighted by molar-refractivity contribution is 7.99. The standard InChI is InChI=1S/C21H20ClN5OS/c1-12-25-26-20(28-12)17-9-16(17)13-3-5-14(6-4-13)19-21(27(2)11-24-19)29-18-8-7-15(22)10-23-18/h3,5-8,10-11,13,16-17H,4,9H2,1-2H3/t13?,16-,17+/m1/s1. The summed E-state index contributed by atoms with van der Waals surface area (Å²) in [7, 11) is 2.01. The predicted octanol–water partition coefficient (Wildman–Crippen LogP) is 5.07. The Labute approximate surface area is 178 Å². The van der Waals surface area contributed by atoms with Gasteiger partial charge in [0.2, 0.25) is 11.8 Å². The lowest BCUT2D eigenvalue weighted by atomic mass is 9.91. The number of aromatic nitrogens is 5. The Morgan fingerprint density at radius 2 is 2.14 bits per heavy atom. The highest BCUT2D eigenvalue weighted by Gasteiger charge is 2.46. The summed E-state index contributed by atoms with van der Waals surface area (Å²) >= 11 is 7.55. The number of nitrogens with zero attached hydrogens (tertiary/aromatic N) is 5. The molecule has 0 saturated heterocycles. The molecular weight excluding hydrogens is 406 g/mol. The molecule has 1 unspecified atom stereocenters. The molecule has 1 fully saturated rings. The summed E-state index contributed by atoms with van der Waals surface area (Å²) in [6.45, 7) is 1.84. The largest absolute Gasteiger partial charge is 0.425 e. The SMILES string of the molecule is Cc1nnc([C@H]2C[C@@H]2C2C=CC(c3ncn(C)c3Sc3ccc(Cl)cn3)=CC2)o1. The molecule has 29 heavy (non-hydrogen) atoms. The van der Waals surface area contributed by atoms with Crippen molar-refractivity contribution < 1.29 is 4.42 Å². The normalized spacial score (nSPS) is 23.3. The minimum atomic E-state index is 0.401. The fraction of sp³-hybridized carbons (Fsp3) is 0.333. The average molecular weight is 426 g/mol. The first-order valence-corrected chi connectivity index (χ1v) is 10.8.